The fourth-order valence-electron chi connectivity index (χ4n) is 9.55. The van der Waals surface area contributed by atoms with Crippen molar-refractivity contribution in [1.29, 1.82) is 0 Å². The molecule has 0 unspecified atom stereocenters. The van der Waals surface area contributed by atoms with Gasteiger partial charge in [-0.05, 0) is 136 Å². The highest BCUT2D eigenvalue weighted by atomic mass is 16.4. The summed E-state index contributed by atoms with van der Waals surface area (Å²) in [6, 6.07) is 58.7. The lowest BCUT2D eigenvalue weighted by Crippen LogP contribution is -2.22. The van der Waals surface area contributed by atoms with Crippen molar-refractivity contribution in [3.05, 3.63) is 191 Å². The monoisotopic (exact) mass is 836 g/mol. The van der Waals surface area contributed by atoms with Gasteiger partial charge in [-0.2, -0.15) is 0 Å². The van der Waals surface area contributed by atoms with E-state index < -0.39 is 0 Å². The summed E-state index contributed by atoms with van der Waals surface area (Å²) in [5, 5.41) is 6.40. The molecule has 64 heavy (non-hydrogen) atoms. The van der Waals surface area contributed by atoms with E-state index in [0.717, 1.165) is 109 Å². The molecule has 0 N–H and O–H groups in total. The smallest absolute Gasteiger partial charge is 0.344 e. The van der Waals surface area contributed by atoms with Gasteiger partial charge in [0.2, 0.25) is 0 Å². The van der Waals surface area contributed by atoms with Crippen molar-refractivity contribution in [2.45, 2.75) is 27.7 Å². The zero-order valence-electron chi connectivity index (χ0n) is 36.5. The number of nitrogens with zero attached hydrogens (tertiary/aromatic N) is 2. The number of rotatable bonds is 11. The van der Waals surface area contributed by atoms with Crippen LogP contribution >= 0.6 is 0 Å². The summed E-state index contributed by atoms with van der Waals surface area (Å²) in [5.41, 5.74) is 12.8. The zero-order chi connectivity index (χ0) is 43.9. The molecule has 0 atom stereocenters. The molecule has 0 saturated heterocycles. The van der Waals surface area contributed by atoms with Crippen LogP contribution in [0.5, 0.6) is 0 Å². The molecule has 0 fully saturated rings. The van der Waals surface area contributed by atoms with Crippen LogP contribution in [0.3, 0.4) is 0 Å². The van der Waals surface area contributed by atoms with Crippen molar-refractivity contribution in [2.24, 2.45) is 0 Å². The maximum Gasteiger partial charge on any atom is 0.344 e. The third-order valence-electron chi connectivity index (χ3n) is 12.8. The maximum atomic E-state index is 13.5. The molecule has 2 heterocycles. The number of hydrogen-bond donors (Lipinski definition) is 0. The lowest BCUT2D eigenvalue weighted by molar-refractivity contribution is 0.561. The largest absolute Gasteiger partial charge is 0.423 e. The summed E-state index contributed by atoms with van der Waals surface area (Å²) in [5.74, 6) is 0. The highest BCUT2D eigenvalue weighted by Crippen LogP contribution is 2.42. The van der Waals surface area contributed by atoms with Crippen molar-refractivity contribution < 1.29 is 8.83 Å². The molecule has 0 bridgehead atoms. The molecule has 0 spiro atoms. The summed E-state index contributed by atoms with van der Waals surface area (Å²) >= 11 is 0. The Hall–Kier alpha value is -7.70. The van der Waals surface area contributed by atoms with Crippen molar-refractivity contribution in [2.75, 3.05) is 36.0 Å². The molecule has 8 aromatic carbocycles. The van der Waals surface area contributed by atoms with Crippen molar-refractivity contribution >= 4 is 54.9 Å². The molecule has 0 aliphatic heterocycles. The van der Waals surface area contributed by atoms with Gasteiger partial charge in [-0.1, -0.05) is 109 Å². The van der Waals surface area contributed by atoms with E-state index >= 15 is 0 Å². The second-order valence-electron chi connectivity index (χ2n) is 16.2. The van der Waals surface area contributed by atoms with Crippen LogP contribution in [0, 0.1) is 0 Å². The van der Waals surface area contributed by atoms with Crippen LogP contribution < -0.4 is 21.1 Å². The van der Waals surface area contributed by atoms with Crippen LogP contribution in [-0.4, -0.2) is 26.2 Å². The molecule has 6 nitrogen and oxygen atoms in total. The molecule has 0 amide bonds. The quantitative estimate of drug-likeness (QED) is 0.121. The van der Waals surface area contributed by atoms with Crippen LogP contribution in [0.15, 0.2) is 188 Å². The molecule has 6 heteroatoms. The van der Waals surface area contributed by atoms with Gasteiger partial charge in [0.25, 0.3) is 0 Å². The summed E-state index contributed by atoms with van der Waals surface area (Å²) in [6.07, 6.45) is 0. The minimum Gasteiger partial charge on any atom is -0.423 e. The van der Waals surface area contributed by atoms with E-state index in [-0.39, 0.29) is 11.3 Å². The first-order valence-electron chi connectivity index (χ1n) is 22.3. The summed E-state index contributed by atoms with van der Waals surface area (Å²) in [4.78, 5) is 30.2. The van der Waals surface area contributed by atoms with E-state index in [1.807, 2.05) is 42.5 Å². The molecule has 0 saturated carbocycles. The third-order valence-corrected chi connectivity index (χ3v) is 12.8. The first-order chi connectivity index (χ1) is 31.3. The number of anilines is 2. The Morgan fingerprint density at radius 1 is 0.375 bits per heavy atom. The first kappa shape index (κ1) is 40.4. The minimum atomic E-state index is -0.351. The van der Waals surface area contributed by atoms with Crippen LogP contribution in [0.2, 0.25) is 0 Å². The second kappa shape index (κ2) is 16.9. The van der Waals surface area contributed by atoms with Gasteiger partial charge >= 0.3 is 11.3 Å². The van der Waals surface area contributed by atoms with Crippen molar-refractivity contribution in [3.8, 4) is 55.6 Å². The highest BCUT2D eigenvalue weighted by molar-refractivity contribution is 6.11. The predicted molar refractivity (Wildman–Crippen MR) is 268 cm³/mol. The Kier molecular flexibility index (Phi) is 10.6. The Balaban J connectivity index is 1.04. The van der Waals surface area contributed by atoms with E-state index in [0.29, 0.717) is 16.7 Å². The first-order valence-corrected chi connectivity index (χ1v) is 22.3. The Morgan fingerprint density at radius 2 is 0.812 bits per heavy atom. The fourth-order valence-corrected chi connectivity index (χ4v) is 9.55. The Morgan fingerprint density at radius 3 is 1.36 bits per heavy atom. The minimum absolute atomic E-state index is 0.349. The van der Waals surface area contributed by atoms with Gasteiger partial charge < -0.3 is 18.6 Å². The second-order valence-corrected chi connectivity index (χ2v) is 16.2. The van der Waals surface area contributed by atoms with Gasteiger partial charge in [-0.15, -0.1) is 0 Å². The average Bonchev–Trinajstić information content (AvgIpc) is 3.33. The fraction of sp³-hybridized carbons (Fsp3) is 0.138. The molecule has 10 aromatic rings. The number of benzene rings is 8. The highest BCUT2D eigenvalue weighted by Gasteiger charge is 2.18. The number of fused-ring (bicyclic) bond motifs is 4. The van der Waals surface area contributed by atoms with Gasteiger partial charge in [0, 0.05) is 72.1 Å². The van der Waals surface area contributed by atoms with Gasteiger partial charge in [-0.3, -0.25) is 0 Å². The van der Waals surface area contributed by atoms with Gasteiger partial charge in [-0.25, -0.2) is 9.59 Å². The van der Waals surface area contributed by atoms with E-state index in [2.05, 4.69) is 159 Å². The van der Waals surface area contributed by atoms with Gasteiger partial charge in [0.15, 0.2) is 0 Å². The Labute approximate surface area is 372 Å². The van der Waals surface area contributed by atoms with E-state index in [1.165, 1.54) is 16.8 Å². The molecule has 0 aliphatic carbocycles. The molecular formula is C58H48N2O4. The lowest BCUT2D eigenvalue weighted by Gasteiger charge is -2.25. The standard InChI is InChI=1S/C58H48N2O4/c1-5-59(6-2)43-29-27-41-34-53(58(62)64-55(41)35-43)40-18-10-16-38(32-40)45-20-12-24-49-47(45)22-14-26-51(49)50-25-13-21-46-44(19-11-23-48(46)50)37-15-9-17-39(31-37)52-33-42-28-30-57(61)63-56(42)36-54(52)60(7-3)8-4/h9-36H,5-8H2,1-4H3. The van der Waals surface area contributed by atoms with Crippen LogP contribution in [0.4, 0.5) is 11.4 Å². The van der Waals surface area contributed by atoms with Crippen LogP contribution in [0.25, 0.3) is 99.1 Å². The summed E-state index contributed by atoms with van der Waals surface area (Å²) < 4.78 is 11.6. The summed E-state index contributed by atoms with van der Waals surface area (Å²) in [7, 11) is 0. The average molecular weight is 837 g/mol. The van der Waals surface area contributed by atoms with Crippen molar-refractivity contribution in [1.82, 2.24) is 0 Å². The lowest BCUT2D eigenvalue weighted by atomic mass is 9.88. The van der Waals surface area contributed by atoms with Gasteiger partial charge in [0.05, 0.1) is 5.56 Å². The SMILES string of the molecule is CCN(CC)c1ccc2cc(-c3cccc(-c4cccc5c(-c6cccc7c(-c8cccc(-c9cc%10ccc(=O)oc%10cc9N(CC)CC)c8)cccc67)cccc45)c3)c(=O)oc2c1. The number of hydrogen-bond acceptors (Lipinski definition) is 6. The topological polar surface area (TPSA) is 66.9 Å². The predicted octanol–water partition coefficient (Wildman–Crippen LogP) is 14.2. The van der Waals surface area contributed by atoms with E-state index in [4.69, 9.17) is 8.83 Å². The maximum absolute atomic E-state index is 13.5. The molecule has 10 rings (SSSR count). The van der Waals surface area contributed by atoms with E-state index in [9.17, 15) is 9.59 Å². The molecule has 314 valence electrons. The third kappa shape index (κ3) is 7.21. The molecule has 0 radical (unpaired) electrons. The van der Waals surface area contributed by atoms with Crippen molar-refractivity contribution in [3.63, 3.8) is 0 Å². The van der Waals surface area contributed by atoms with Crippen LogP contribution in [-0.2, 0) is 0 Å². The molecule has 2 aromatic heterocycles. The zero-order valence-corrected chi connectivity index (χ0v) is 36.5. The van der Waals surface area contributed by atoms with E-state index in [1.54, 1.807) is 0 Å². The Bertz CT molecular complexity index is 3520. The van der Waals surface area contributed by atoms with Crippen LogP contribution in [0.1, 0.15) is 27.7 Å². The normalized spacial score (nSPS) is 11.5. The molecular weight excluding hydrogens is 789 g/mol. The molecule has 0 aliphatic rings. The van der Waals surface area contributed by atoms with Gasteiger partial charge in [0.1, 0.15) is 11.2 Å². The summed E-state index contributed by atoms with van der Waals surface area (Å²) in [6.45, 7) is 11.9.